The highest BCUT2D eigenvalue weighted by molar-refractivity contribution is 6.99. The predicted octanol–water partition coefficient (Wildman–Crippen LogP) is 1.75. The van der Waals surface area contributed by atoms with E-state index in [0.29, 0.717) is 11.0 Å². The molecular weight excluding hydrogens is 212 g/mol. The first-order valence-corrected chi connectivity index (χ1v) is 5.19. The Hall–Kier alpha value is -0.390. The molecule has 6 heteroatoms. The number of halogens is 1. The third kappa shape index (κ3) is 2.30. The second-order valence-electron chi connectivity index (χ2n) is 2.79. The third-order valence-corrected chi connectivity index (χ3v) is 2.73. The molecular formula is C7H9ClN2O2S. The van der Waals surface area contributed by atoms with Crippen LogP contribution in [0.5, 0.6) is 5.88 Å². The van der Waals surface area contributed by atoms with Crippen molar-refractivity contribution in [1.82, 2.24) is 8.75 Å². The monoisotopic (exact) mass is 220 g/mol. The molecule has 1 aliphatic heterocycles. The molecule has 0 aromatic carbocycles. The molecule has 2 heterocycles. The molecule has 0 aliphatic carbocycles. The number of nitrogens with zero attached hydrogens (tertiary/aromatic N) is 2. The van der Waals surface area contributed by atoms with Crippen LogP contribution in [-0.2, 0) is 4.74 Å². The van der Waals surface area contributed by atoms with E-state index < -0.39 is 0 Å². The maximum absolute atomic E-state index is 5.74. The summed E-state index contributed by atoms with van der Waals surface area (Å²) >= 11 is 6.81. The van der Waals surface area contributed by atoms with Gasteiger partial charge in [-0.05, 0) is 0 Å². The van der Waals surface area contributed by atoms with Gasteiger partial charge in [0, 0.05) is 12.8 Å². The standard InChI is InChI=1S/C7H9ClN2O2S/c8-6-7(10-13-9-6)12-5-1-3-11-4-2-5/h5H,1-4H2. The van der Waals surface area contributed by atoms with Crippen LogP contribution in [0.2, 0.25) is 5.15 Å². The summed E-state index contributed by atoms with van der Waals surface area (Å²) in [5, 5.41) is 0.358. The molecule has 72 valence electrons. The number of ether oxygens (including phenoxy) is 2. The fourth-order valence-corrected chi connectivity index (χ4v) is 1.82. The summed E-state index contributed by atoms with van der Waals surface area (Å²) in [5.74, 6) is 0.457. The summed E-state index contributed by atoms with van der Waals surface area (Å²) in [4.78, 5) is 0. The van der Waals surface area contributed by atoms with Crippen molar-refractivity contribution in [2.24, 2.45) is 0 Å². The molecule has 1 aliphatic rings. The average molecular weight is 221 g/mol. The van der Waals surface area contributed by atoms with Crippen LogP contribution in [0, 0.1) is 0 Å². The van der Waals surface area contributed by atoms with Gasteiger partial charge in [-0.2, -0.15) is 4.37 Å². The van der Waals surface area contributed by atoms with Crippen LogP contribution in [0.4, 0.5) is 0 Å². The van der Waals surface area contributed by atoms with Crippen LogP contribution in [0.15, 0.2) is 0 Å². The zero-order valence-electron chi connectivity index (χ0n) is 6.90. The molecule has 0 spiro atoms. The zero-order chi connectivity index (χ0) is 9.10. The summed E-state index contributed by atoms with van der Waals surface area (Å²) in [6, 6.07) is 0. The Morgan fingerprint density at radius 1 is 1.38 bits per heavy atom. The van der Waals surface area contributed by atoms with Gasteiger partial charge in [0.05, 0.1) is 24.9 Å². The molecule has 0 saturated carbocycles. The Morgan fingerprint density at radius 2 is 2.15 bits per heavy atom. The lowest BCUT2D eigenvalue weighted by Gasteiger charge is -2.21. The minimum atomic E-state index is 0.176. The van der Waals surface area contributed by atoms with E-state index in [1.54, 1.807) is 0 Å². The molecule has 4 nitrogen and oxygen atoms in total. The van der Waals surface area contributed by atoms with Gasteiger partial charge in [0.15, 0.2) is 0 Å². The Balaban J connectivity index is 1.93. The average Bonchev–Trinajstić information content (AvgIpc) is 2.54. The van der Waals surface area contributed by atoms with E-state index in [-0.39, 0.29) is 6.10 Å². The van der Waals surface area contributed by atoms with Crippen LogP contribution < -0.4 is 4.74 Å². The van der Waals surface area contributed by atoms with Gasteiger partial charge >= 0.3 is 0 Å². The molecule has 13 heavy (non-hydrogen) atoms. The fourth-order valence-electron chi connectivity index (χ4n) is 1.19. The summed E-state index contributed by atoms with van der Waals surface area (Å²) in [5.41, 5.74) is 0. The van der Waals surface area contributed by atoms with Crippen LogP contribution >= 0.6 is 23.3 Å². The van der Waals surface area contributed by atoms with Crippen molar-refractivity contribution in [2.45, 2.75) is 18.9 Å². The molecule has 1 saturated heterocycles. The first-order chi connectivity index (χ1) is 6.36. The largest absolute Gasteiger partial charge is 0.471 e. The maximum Gasteiger partial charge on any atom is 0.265 e. The van der Waals surface area contributed by atoms with Crippen molar-refractivity contribution in [3.8, 4) is 5.88 Å². The summed E-state index contributed by atoms with van der Waals surface area (Å²) in [6.45, 7) is 1.50. The quantitative estimate of drug-likeness (QED) is 0.762. The molecule has 0 amide bonds. The van der Waals surface area contributed by atoms with Gasteiger partial charge in [-0.25, -0.2) is 0 Å². The lowest BCUT2D eigenvalue weighted by atomic mass is 10.2. The van der Waals surface area contributed by atoms with Crippen LogP contribution in [-0.4, -0.2) is 28.1 Å². The minimum absolute atomic E-state index is 0.176. The predicted molar refractivity (Wildman–Crippen MR) is 49.4 cm³/mol. The van der Waals surface area contributed by atoms with E-state index in [0.717, 1.165) is 37.8 Å². The molecule has 1 fully saturated rings. The van der Waals surface area contributed by atoms with Crippen molar-refractivity contribution < 1.29 is 9.47 Å². The van der Waals surface area contributed by atoms with Crippen LogP contribution in [0.1, 0.15) is 12.8 Å². The Labute approximate surface area is 85.1 Å². The molecule has 2 rings (SSSR count). The highest BCUT2D eigenvalue weighted by Gasteiger charge is 2.18. The summed E-state index contributed by atoms with van der Waals surface area (Å²) in [7, 11) is 0. The molecule has 1 aromatic heterocycles. The Kier molecular flexibility index (Phi) is 2.97. The van der Waals surface area contributed by atoms with Crippen LogP contribution in [0.3, 0.4) is 0 Å². The number of rotatable bonds is 2. The van der Waals surface area contributed by atoms with Gasteiger partial charge in [-0.1, -0.05) is 11.6 Å². The van der Waals surface area contributed by atoms with E-state index in [1.807, 2.05) is 0 Å². The highest BCUT2D eigenvalue weighted by Crippen LogP contribution is 2.24. The summed E-state index contributed by atoms with van der Waals surface area (Å²) < 4.78 is 18.5. The first-order valence-electron chi connectivity index (χ1n) is 4.09. The first kappa shape index (κ1) is 9.18. The highest BCUT2D eigenvalue weighted by atomic mass is 35.5. The van der Waals surface area contributed by atoms with Crippen molar-refractivity contribution in [2.75, 3.05) is 13.2 Å². The van der Waals surface area contributed by atoms with E-state index in [1.165, 1.54) is 0 Å². The SMILES string of the molecule is Clc1nsnc1OC1CCOCC1. The van der Waals surface area contributed by atoms with Crippen molar-refractivity contribution in [1.29, 1.82) is 0 Å². The topological polar surface area (TPSA) is 44.2 Å². The second kappa shape index (κ2) is 4.21. The zero-order valence-corrected chi connectivity index (χ0v) is 8.48. The Bertz CT molecular complexity index is 275. The van der Waals surface area contributed by atoms with Gasteiger partial charge < -0.3 is 9.47 Å². The van der Waals surface area contributed by atoms with Crippen LogP contribution in [0.25, 0.3) is 0 Å². The van der Waals surface area contributed by atoms with Crippen molar-refractivity contribution in [3.63, 3.8) is 0 Å². The van der Waals surface area contributed by atoms with E-state index >= 15 is 0 Å². The number of aromatic nitrogens is 2. The second-order valence-corrected chi connectivity index (χ2v) is 3.68. The smallest absolute Gasteiger partial charge is 0.265 e. The third-order valence-electron chi connectivity index (χ3n) is 1.87. The minimum Gasteiger partial charge on any atom is -0.471 e. The lowest BCUT2D eigenvalue weighted by Crippen LogP contribution is -2.26. The molecule has 0 unspecified atom stereocenters. The van der Waals surface area contributed by atoms with Crippen molar-refractivity contribution in [3.05, 3.63) is 5.15 Å². The summed E-state index contributed by atoms with van der Waals surface area (Å²) in [6.07, 6.45) is 1.97. The molecule has 1 aromatic rings. The van der Waals surface area contributed by atoms with Gasteiger partial charge in [-0.15, -0.1) is 4.37 Å². The maximum atomic E-state index is 5.74. The van der Waals surface area contributed by atoms with Gasteiger partial charge in [-0.3, -0.25) is 0 Å². The Morgan fingerprint density at radius 3 is 2.77 bits per heavy atom. The molecule has 0 bridgehead atoms. The molecule has 0 N–H and O–H groups in total. The lowest BCUT2D eigenvalue weighted by molar-refractivity contribution is 0.0241. The van der Waals surface area contributed by atoms with Gasteiger partial charge in [0.1, 0.15) is 6.10 Å². The fraction of sp³-hybridized carbons (Fsp3) is 0.714. The van der Waals surface area contributed by atoms with E-state index in [9.17, 15) is 0 Å². The number of hydrogen-bond acceptors (Lipinski definition) is 5. The van der Waals surface area contributed by atoms with Crippen molar-refractivity contribution >= 4 is 23.3 Å². The van der Waals surface area contributed by atoms with Gasteiger partial charge in [0.2, 0.25) is 5.15 Å². The molecule has 0 radical (unpaired) electrons. The van der Waals surface area contributed by atoms with Gasteiger partial charge in [0.25, 0.3) is 5.88 Å². The van der Waals surface area contributed by atoms with E-state index in [4.69, 9.17) is 21.1 Å². The normalized spacial score (nSPS) is 18.8. The molecule has 0 atom stereocenters. The number of hydrogen-bond donors (Lipinski definition) is 0. The van der Waals surface area contributed by atoms with E-state index in [2.05, 4.69) is 8.75 Å².